The lowest BCUT2D eigenvalue weighted by molar-refractivity contribution is -0.0764. The molecular weight excluding hydrogens is 232 g/mol. The van der Waals surface area contributed by atoms with Crippen LogP contribution in [0.4, 0.5) is 0 Å². The zero-order chi connectivity index (χ0) is 13.7. The number of aliphatic hydroxyl groups is 1. The number of aryl methyl sites for hydroxylation is 1. The summed E-state index contributed by atoms with van der Waals surface area (Å²) in [5.41, 5.74) is 0.816. The van der Waals surface area contributed by atoms with Gasteiger partial charge in [0, 0.05) is 5.92 Å². The normalized spacial score (nSPS) is 28.8. The van der Waals surface area contributed by atoms with Crippen molar-refractivity contribution in [1.82, 2.24) is 0 Å². The fraction of sp³-hybridized carbons (Fsp3) is 0.556. The second-order valence-corrected chi connectivity index (χ2v) is 6.00. The molecule has 1 aliphatic rings. The Morgan fingerprint density at radius 1 is 1.37 bits per heavy atom. The summed E-state index contributed by atoms with van der Waals surface area (Å²) in [6.07, 6.45) is 8.47. The first kappa shape index (κ1) is 14.3. The fourth-order valence-electron chi connectivity index (χ4n) is 3.44. The molecule has 1 saturated carbocycles. The van der Waals surface area contributed by atoms with E-state index < -0.39 is 5.60 Å². The fourth-order valence-corrected chi connectivity index (χ4v) is 3.44. The van der Waals surface area contributed by atoms with Crippen LogP contribution < -0.4 is 0 Å². The van der Waals surface area contributed by atoms with E-state index in [0.717, 1.165) is 32.1 Å². The number of hydrogen-bond donors (Lipinski definition) is 1. The van der Waals surface area contributed by atoms with Crippen molar-refractivity contribution in [2.45, 2.75) is 51.0 Å². The van der Waals surface area contributed by atoms with Crippen molar-refractivity contribution in [2.75, 3.05) is 0 Å². The van der Waals surface area contributed by atoms with Crippen LogP contribution >= 0.6 is 0 Å². The SMILES string of the molecule is C=C[C@@H](CCc1ccccc1)[C@]1(O)CCCC[C@H]1C. The molecule has 0 amide bonds. The van der Waals surface area contributed by atoms with Gasteiger partial charge in [-0.1, -0.05) is 56.2 Å². The topological polar surface area (TPSA) is 20.2 Å². The summed E-state index contributed by atoms with van der Waals surface area (Å²) in [6, 6.07) is 10.5. The maximum atomic E-state index is 11.0. The third-order valence-corrected chi connectivity index (χ3v) is 4.83. The molecule has 19 heavy (non-hydrogen) atoms. The Balaban J connectivity index is 2.01. The highest BCUT2D eigenvalue weighted by molar-refractivity contribution is 5.15. The highest BCUT2D eigenvalue weighted by atomic mass is 16.3. The molecule has 1 aromatic carbocycles. The minimum Gasteiger partial charge on any atom is -0.389 e. The number of hydrogen-bond acceptors (Lipinski definition) is 1. The highest BCUT2D eigenvalue weighted by Crippen LogP contribution is 2.41. The zero-order valence-electron chi connectivity index (χ0n) is 12.0. The Morgan fingerprint density at radius 2 is 2.11 bits per heavy atom. The minimum absolute atomic E-state index is 0.211. The summed E-state index contributed by atoms with van der Waals surface area (Å²) in [5.74, 6) is 0.600. The van der Waals surface area contributed by atoms with E-state index in [1.807, 2.05) is 12.1 Å². The lowest BCUT2D eigenvalue weighted by Crippen LogP contribution is -2.45. The zero-order valence-corrected chi connectivity index (χ0v) is 12.0. The van der Waals surface area contributed by atoms with Crippen molar-refractivity contribution in [3.05, 3.63) is 48.6 Å². The van der Waals surface area contributed by atoms with Crippen LogP contribution in [-0.4, -0.2) is 10.7 Å². The lowest BCUT2D eigenvalue weighted by atomic mass is 9.68. The molecule has 0 bridgehead atoms. The first-order chi connectivity index (χ1) is 9.16. The maximum absolute atomic E-state index is 11.0. The third-order valence-electron chi connectivity index (χ3n) is 4.83. The van der Waals surface area contributed by atoms with Gasteiger partial charge in [-0.2, -0.15) is 0 Å². The molecule has 0 aliphatic heterocycles. The molecule has 3 atom stereocenters. The molecule has 1 heteroatoms. The van der Waals surface area contributed by atoms with Gasteiger partial charge in [-0.15, -0.1) is 6.58 Å². The van der Waals surface area contributed by atoms with Crippen LogP contribution in [0.3, 0.4) is 0 Å². The predicted octanol–water partition coefficient (Wildman–Crippen LogP) is 4.36. The quantitative estimate of drug-likeness (QED) is 0.778. The Labute approximate surface area is 117 Å². The van der Waals surface area contributed by atoms with Crippen molar-refractivity contribution >= 4 is 0 Å². The molecule has 104 valence electrons. The van der Waals surface area contributed by atoms with Crippen molar-refractivity contribution in [1.29, 1.82) is 0 Å². The molecule has 0 radical (unpaired) electrons. The van der Waals surface area contributed by atoms with E-state index >= 15 is 0 Å². The first-order valence-electron chi connectivity index (χ1n) is 7.55. The van der Waals surface area contributed by atoms with Gasteiger partial charge in [0.1, 0.15) is 0 Å². The van der Waals surface area contributed by atoms with Crippen LogP contribution in [0.2, 0.25) is 0 Å². The molecule has 1 aromatic rings. The van der Waals surface area contributed by atoms with Crippen LogP contribution in [0.5, 0.6) is 0 Å². The predicted molar refractivity (Wildman–Crippen MR) is 81.0 cm³/mol. The molecule has 0 aromatic heterocycles. The van der Waals surface area contributed by atoms with E-state index in [9.17, 15) is 5.11 Å². The summed E-state index contributed by atoms with van der Waals surface area (Å²) >= 11 is 0. The third kappa shape index (κ3) is 3.27. The van der Waals surface area contributed by atoms with Crippen LogP contribution in [0, 0.1) is 11.8 Å². The molecule has 1 fully saturated rings. The molecule has 1 N–H and O–H groups in total. The standard InChI is InChI=1S/C18H26O/c1-3-17(13-12-16-10-5-4-6-11-16)18(19)14-8-7-9-15(18)2/h3-6,10-11,15,17,19H,1,7-9,12-14H2,2H3/t15-,17+,18+/m1/s1. The van der Waals surface area contributed by atoms with Gasteiger partial charge in [-0.25, -0.2) is 0 Å². The summed E-state index contributed by atoms with van der Waals surface area (Å²) in [4.78, 5) is 0. The van der Waals surface area contributed by atoms with Crippen molar-refractivity contribution in [2.24, 2.45) is 11.8 Å². The summed E-state index contributed by atoms with van der Waals surface area (Å²) in [5, 5.41) is 11.0. The van der Waals surface area contributed by atoms with E-state index in [-0.39, 0.29) is 5.92 Å². The smallest absolute Gasteiger partial charge is 0.0735 e. The molecule has 0 spiro atoms. The highest BCUT2D eigenvalue weighted by Gasteiger charge is 2.41. The van der Waals surface area contributed by atoms with E-state index in [2.05, 4.69) is 37.8 Å². The van der Waals surface area contributed by atoms with Crippen LogP contribution in [0.25, 0.3) is 0 Å². The van der Waals surface area contributed by atoms with Gasteiger partial charge in [-0.05, 0) is 37.2 Å². The molecule has 0 saturated heterocycles. The van der Waals surface area contributed by atoms with Crippen LogP contribution in [-0.2, 0) is 6.42 Å². The molecule has 0 heterocycles. The van der Waals surface area contributed by atoms with E-state index in [4.69, 9.17) is 0 Å². The van der Waals surface area contributed by atoms with Gasteiger partial charge in [0.25, 0.3) is 0 Å². The van der Waals surface area contributed by atoms with Crippen molar-refractivity contribution in [3.63, 3.8) is 0 Å². The average Bonchev–Trinajstić information content (AvgIpc) is 2.44. The molecule has 0 unspecified atom stereocenters. The van der Waals surface area contributed by atoms with Crippen molar-refractivity contribution < 1.29 is 5.11 Å². The van der Waals surface area contributed by atoms with Gasteiger partial charge in [0.15, 0.2) is 0 Å². The Morgan fingerprint density at radius 3 is 2.74 bits per heavy atom. The summed E-state index contributed by atoms with van der Waals surface area (Å²) in [7, 11) is 0. The van der Waals surface area contributed by atoms with Crippen LogP contribution in [0.15, 0.2) is 43.0 Å². The average molecular weight is 258 g/mol. The monoisotopic (exact) mass is 258 g/mol. The van der Waals surface area contributed by atoms with E-state index in [1.165, 1.54) is 12.0 Å². The van der Waals surface area contributed by atoms with Crippen molar-refractivity contribution in [3.8, 4) is 0 Å². The molecule has 1 aliphatic carbocycles. The Hall–Kier alpha value is -1.08. The van der Waals surface area contributed by atoms with Gasteiger partial charge in [0.05, 0.1) is 5.60 Å². The second kappa shape index (κ2) is 6.38. The van der Waals surface area contributed by atoms with Gasteiger partial charge in [-0.3, -0.25) is 0 Å². The Kier molecular flexibility index (Phi) is 4.81. The van der Waals surface area contributed by atoms with Crippen LogP contribution in [0.1, 0.15) is 44.6 Å². The summed E-state index contributed by atoms with van der Waals surface area (Å²) in [6.45, 7) is 6.16. The summed E-state index contributed by atoms with van der Waals surface area (Å²) < 4.78 is 0. The molecule has 2 rings (SSSR count). The largest absolute Gasteiger partial charge is 0.389 e. The second-order valence-electron chi connectivity index (χ2n) is 6.00. The van der Waals surface area contributed by atoms with E-state index in [1.54, 1.807) is 0 Å². The van der Waals surface area contributed by atoms with Gasteiger partial charge < -0.3 is 5.11 Å². The molecule has 1 nitrogen and oxygen atoms in total. The maximum Gasteiger partial charge on any atom is 0.0735 e. The number of benzene rings is 1. The Bertz CT molecular complexity index is 397. The van der Waals surface area contributed by atoms with Gasteiger partial charge >= 0.3 is 0 Å². The lowest BCUT2D eigenvalue weighted by Gasteiger charge is -2.43. The minimum atomic E-state index is -0.533. The number of rotatable bonds is 5. The van der Waals surface area contributed by atoms with E-state index in [0.29, 0.717) is 5.92 Å². The molecular formula is C18H26O. The van der Waals surface area contributed by atoms with Gasteiger partial charge in [0.2, 0.25) is 0 Å². The first-order valence-corrected chi connectivity index (χ1v) is 7.55.